The van der Waals surface area contributed by atoms with E-state index in [0.29, 0.717) is 0 Å². The van der Waals surface area contributed by atoms with Crippen molar-refractivity contribution in [2.75, 3.05) is 4.90 Å². The highest BCUT2D eigenvalue weighted by Crippen LogP contribution is 2.49. The molecule has 5 heteroatoms. The minimum atomic E-state index is 0.931. The van der Waals surface area contributed by atoms with Gasteiger partial charge in [-0.3, -0.25) is 0 Å². The summed E-state index contributed by atoms with van der Waals surface area (Å²) < 4.78 is 14.6. The standard InChI is InChI=1S/C48H27NOS3/c1-4-19-40-31(10-1)35-15-8-17-38(47(35)52-40)49(39-18-9-16-36-32-11-2-5-20-41(32)53-48(36)39)29-24-22-28(23-25-29)30-13-7-14-33-34-26-27-43-44(46(34)50-45(30)33)37-12-3-6-21-42(37)51-43/h1-27H. The van der Waals surface area contributed by atoms with Gasteiger partial charge in [0.05, 0.1) is 20.8 Å². The Morgan fingerprint density at radius 1 is 0.358 bits per heavy atom. The largest absolute Gasteiger partial charge is 0.455 e. The fourth-order valence-corrected chi connectivity index (χ4v) is 11.8. The van der Waals surface area contributed by atoms with Crippen molar-refractivity contribution in [3.8, 4) is 11.1 Å². The zero-order valence-corrected chi connectivity index (χ0v) is 30.6. The van der Waals surface area contributed by atoms with Crippen LogP contribution in [0.2, 0.25) is 0 Å². The van der Waals surface area contributed by atoms with Crippen LogP contribution in [0.1, 0.15) is 0 Å². The highest BCUT2D eigenvalue weighted by molar-refractivity contribution is 7.27. The second-order valence-corrected chi connectivity index (χ2v) is 16.8. The zero-order valence-electron chi connectivity index (χ0n) is 28.2. The van der Waals surface area contributed by atoms with Gasteiger partial charge in [0.2, 0.25) is 0 Å². The first-order chi connectivity index (χ1) is 26.3. The number of nitrogens with zero attached hydrogens (tertiary/aromatic N) is 1. The third-order valence-corrected chi connectivity index (χ3v) is 14.2. The minimum absolute atomic E-state index is 0.931. The third-order valence-electron chi connectivity index (χ3n) is 10.7. The van der Waals surface area contributed by atoms with E-state index in [2.05, 4.69) is 169 Å². The molecule has 0 fully saturated rings. The predicted molar refractivity (Wildman–Crippen MR) is 233 cm³/mol. The molecule has 0 spiro atoms. The zero-order chi connectivity index (χ0) is 34.6. The highest BCUT2D eigenvalue weighted by atomic mass is 32.1. The van der Waals surface area contributed by atoms with Crippen molar-refractivity contribution >= 4 is 134 Å². The fourth-order valence-electron chi connectivity index (χ4n) is 8.31. The number of anilines is 3. The van der Waals surface area contributed by atoms with Crippen LogP contribution in [0, 0.1) is 0 Å². The first-order valence-corrected chi connectivity index (χ1v) is 20.2. The summed E-state index contributed by atoms with van der Waals surface area (Å²) in [6.07, 6.45) is 0. The van der Waals surface area contributed by atoms with E-state index in [1.165, 1.54) is 71.9 Å². The number of para-hydroxylation sites is 1. The van der Waals surface area contributed by atoms with Crippen molar-refractivity contribution in [3.05, 3.63) is 164 Å². The van der Waals surface area contributed by atoms with Crippen molar-refractivity contribution in [3.63, 3.8) is 0 Å². The molecule has 0 aliphatic heterocycles. The van der Waals surface area contributed by atoms with Gasteiger partial charge in [-0.15, -0.1) is 34.0 Å². The van der Waals surface area contributed by atoms with Crippen LogP contribution in [0.5, 0.6) is 0 Å². The molecule has 0 saturated carbocycles. The van der Waals surface area contributed by atoms with E-state index < -0.39 is 0 Å². The van der Waals surface area contributed by atoms with Crippen LogP contribution in [0.3, 0.4) is 0 Å². The Labute approximate surface area is 316 Å². The average Bonchev–Trinajstić information content (AvgIpc) is 3.98. The summed E-state index contributed by atoms with van der Waals surface area (Å²) in [5.74, 6) is 0. The molecule has 0 radical (unpaired) electrons. The van der Waals surface area contributed by atoms with Gasteiger partial charge < -0.3 is 9.32 Å². The SMILES string of the molecule is c1ccc2c(c1)sc1c(N(c3ccc(-c4cccc5c4oc4c5ccc5sc6ccccc6c54)cc3)c3cccc4c3sc3ccccc34)cccc12. The second-order valence-electron chi connectivity index (χ2n) is 13.6. The van der Waals surface area contributed by atoms with Gasteiger partial charge in [0.1, 0.15) is 11.2 Å². The lowest BCUT2D eigenvalue weighted by Gasteiger charge is -2.27. The predicted octanol–water partition coefficient (Wildman–Crippen LogP) is 15.8. The fraction of sp³-hybridized carbons (Fsp3) is 0. The van der Waals surface area contributed by atoms with Crippen LogP contribution in [-0.2, 0) is 0 Å². The summed E-state index contributed by atoms with van der Waals surface area (Å²) in [7, 11) is 0. The molecule has 0 bridgehead atoms. The first kappa shape index (κ1) is 29.6. The van der Waals surface area contributed by atoms with E-state index in [0.717, 1.165) is 38.8 Å². The van der Waals surface area contributed by atoms with E-state index in [1.54, 1.807) is 0 Å². The Balaban J connectivity index is 1.06. The highest BCUT2D eigenvalue weighted by Gasteiger charge is 2.22. The van der Waals surface area contributed by atoms with E-state index >= 15 is 0 Å². The van der Waals surface area contributed by atoms with Gasteiger partial charge in [-0.2, -0.15) is 0 Å². The first-order valence-electron chi connectivity index (χ1n) is 17.7. The molecule has 8 aromatic carbocycles. The molecule has 0 N–H and O–H groups in total. The van der Waals surface area contributed by atoms with Crippen molar-refractivity contribution in [2.45, 2.75) is 0 Å². The maximum absolute atomic E-state index is 6.89. The number of hydrogen-bond acceptors (Lipinski definition) is 5. The molecule has 12 aromatic rings. The normalized spacial score (nSPS) is 12.2. The van der Waals surface area contributed by atoms with Crippen molar-refractivity contribution in [1.82, 2.24) is 0 Å². The van der Waals surface area contributed by atoms with Gasteiger partial charge in [-0.05, 0) is 60.2 Å². The summed E-state index contributed by atoms with van der Waals surface area (Å²) in [5.41, 5.74) is 7.62. The van der Waals surface area contributed by atoms with E-state index in [-0.39, 0.29) is 0 Å². The molecule has 0 atom stereocenters. The number of thiophene rings is 3. The quantitative estimate of drug-likeness (QED) is 0.179. The maximum atomic E-state index is 6.89. The lowest BCUT2D eigenvalue weighted by molar-refractivity contribution is 0.674. The van der Waals surface area contributed by atoms with Gasteiger partial charge in [-0.25, -0.2) is 0 Å². The third kappa shape index (κ3) is 4.30. The summed E-state index contributed by atoms with van der Waals surface area (Å²) >= 11 is 5.57. The second kappa shape index (κ2) is 11.3. The number of fused-ring (bicyclic) bond motifs is 13. The molecular weight excluding hydrogens is 703 g/mol. The molecule has 0 aliphatic rings. The van der Waals surface area contributed by atoms with Crippen LogP contribution in [0.4, 0.5) is 17.1 Å². The lowest BCUT2D eigenvalue weighted by Crippen LogP contribution is -2.10. The van der Waals surface area contributed by atoms with Crippen LogP contribution >= 0.6 is 34.0 Å². The summed E-state index contributed by atoms with van der Waals surface area (Å²) in [5, 5.41) is 9.96. The molecule has 2 nitrogen and oxygen atoms in total. The number of furan rings is 1. The van der Waals surface area contributed by atoms with Crippen molar-refractivity contribution in [1.29, 1.82) is 0 Å². The maximum Gasteiger partial charge on any atom is 0.144 e. The van der Waals surface area contributed by atoms with E-state index in [4.69, 9.17) is 4.42 Å². The molecule has 53 heavy (non-hydrogen) atoms. The van der Waals surface area contributed by atoms with Gasteiger partial charge >= 0.3 is 0 Å². The Kier molecular flexibility index (Phi) is 6.28. The van der Waals surface area contributed by atoms with Crippen molar-refractivity contribution < 1.29 is 4.42 Å². The minimum Gasteiger partial charge on any atom is -0.455 e. The molecule has 0 amide bonds. The smallest absolute Gasteiger partial charge is 0.144 e. The topological polar surface area (TPSA) is 16.4 Å². The van der Waals surface area contributed by atoms with E-state index in [9.17, 15) is 0 Å². The monoisotopic (exact) mass is 729 g/mol. The van der Waals surface area contributed by atoms with Gasteiger partial charge in [0, 0.05) is 73.1 Å². The summed E-state index contributed by atoms with van der Waals surface area (Å²) in [6, 6.07) is 59.8. The molecule has 248 valence electrons. The van der Waals surface area contributed by atoms with Gasteiger partial charge in [0.15, 0.2) is 0 Å². The Hall–Kier alpha value is -5.98. The summed E-state index contributed by atoms with van der Waals surface area (Å²) in [6.45, 7) is 0. The Morgan fingerprint density at radius 2 is 0.887 bits per heavy atom. The average molecular weight is 730 g/mol. The van der Waals surface area contributed by atoms with E-state index in [1.807, 2.05) is 34.0 Å². The molecule has 4 heterocycles. The van der Waals surface area contributed by atoms with Crippen LogP contribution < -0.4 is 4.90 Å². The number of benzene rings is 8. The van der Waals surface area contributed by atoms with Crippen molar-refractivity contribution in [2.24, 2.45) is 0 Å². The molecule has 4 aromatic heterocycles. The van der Waals surface area contributed by atoms with Crippen LogP contribution in [0.25, 0.3) is 93.6 Å². The molecule has 0 saturated heterocycles. The van der Waals surface area contributed by atoms with Crippen LogP contribution in [0.15, 0.2) is 168 Å². The molecule has 12 rings (SSSR count). The lowest BCUT2D eigenvalue weighted by atomic mass is 10.0. The number of rotatable bonds is 4. The molecule has 0 aliphatic carbocycles. The number of hydrogen-bond donors (Lipinski definition) is 0. The Morgan fingerprint density at radius 3 is 1.55 bits per heavy atom. The van der Waals surface area contributed by atoms with Gasteiger partial charge in [0.25, 0.3) is 0 Å². The van der Waals surface area contributed by atoms with Gasteiger partial charge in [-0.1, -0.05) is 109 Å². The van der Waals surface area contributed by atoms with Crippen LogP contribution in [-0.4, -0.2) is 0 Å². The summed E-state index contributed by atoms with van der Waals surface area (Å²) in [4.78, 5) is 2.47. The molecule has 0 unspecified atom stereocenters. The Bertz CT molecular complexity index is 3300. The molecular formula is C48H27NOS3.